The smallest absolute Gasteiger partial charge is 0.125 e. The van der Waals surface area contributed by atoms with E-state index in [4.69, 9.17) is 0 Å². The highest BCUT2D eigenvalue weighted by Crippen LogP contribution is 1.89. The van der Waals surface area contributed by atoms with Gasteiger partial charge in [-0.1, -0.05) is 27.7 Å². The summed E-state index contributed by atoms with van der Waals surface area (Å²) in [6, 6.07) is 1.80. The van der Waals surface area contributed by atoms with Crippen LogP contribution in [0.15, 0.2) is 30.9 Å². The van der Waals surface area contributed by atoms with Crippen molar-refractivity contribution < 1.29 is 0 Å². The van der Waals surface area contributed by atoms with Crippen molar-refractivity contribution in [1.29, 1.82) is 0 Å². The molecule has 0 saturated carbocycles. The first-order valence-electron chi connectivity index (χ1n) is 6.67. The van der Waals surface area contributed by atoms with E-state index in [1.54, 1.807) is 18.5 Å². The molecule has 2 heterocycles. The number of hydrogen-bond acceptors (Lipinski definition) is 4. The Hall–Kier alpha value is -1.84. The molecule has 0 aliphatic rings. The molecule has 0 N–H and O–H groups in total. The van der Waals surface area contributed by atoms with Crippen molar-refractivity contribution in [2.45, 2.75) is 48.5 Å². The van der Waals surface area contributed by atoms with Gasteiger partial charge >= 0.3 is 0 Å². The standard InChI is InChI=1S/C6H8N2.C5H6N2.2C2H6/c1-5-3-7-6(2)8-4-5;1-5-6-3-2-4-7-5;2*1-2/h3-4H,1-2H3;2-4H,1H3;2*1-2H3. The zero-order valence-electron chi connectivity index (χ0n) is 13.2. The third kappa shape index (κ3) is 12.4. The molecule has 0 amide bonds. The van der Waals surface area contributed by atoms with Gasteiger partial charge in [0.25, 0.3) is 0 Å². The van der Waals surface area contributed by atoms with Crippen LogP contribution in [0.5, 0.6) is 0 Å². The van der Waals surface area contributed by atoms with E-state index in [2.05, 4.69) is 19.9 Å². The summed E-state index contributed by atoms with van der Waals surface area (Å²) < 4.78 is 0. The van der Waals surface area contributed by atoms with Gasteiger partial charge in [-0.3, -0.25) is 0 Å². The molecule has 2 aromatic rings. The van der Waals surface area contributed by atoms with Crippen LogP contribution >= 0.6 is 0 Å². The topological polar surface area (TPSA) is 51.6 Å². The third-order valence-corrected chi connectivity index (χ3v) is 1.60. The Kier molecular flexibility index (Phi) is 14.6. The molecule has 0 atom stereocenters. The van der Waals surface area contributed by atoms with Gasteiger partial charge in [0.05, 0.1) is 0 Å². The van der Waals surface area contributed by atoms with Crippen LogP contribution in [0, 0.1) is 20.8 Å². The second-order valence-electron chi connectivity index (χ2n) is 3.10. The Morgan fingerprint density at radius 2 is 1.00 bits per heavy atom. The predicted molar refractivity (Wildman–Crippen MR) is 81.0 cm³/mol. The van der Waals surface area contributed by atoms with Crippen molar-refractivity contribution in [1.82, 2.24) is 19.9 Å². The molecular weight excluding hydrogens is 236 g/mol. The van der Waals surface area contributed by atoms with Crippen LogP contribution in [-0.4, -0.2) is 19.9 Å². The highest BCUT2D eigenvalue weighted by molar-refractivity contribution is 5.00. The van der Waals surface area contributed by atoms with Gasteiger partial charge < -0.3 is 0 Å². The Bertz CT molecular complexity index is 364. The molecule has 0 spiro atoms. The lowest BCUT2D eigenvalue weighted by molar-refractivity contribution is 1.03. The summed E-state index contributed by atoms with van der Waals surface area (Å²) in [6.07, 6.45) is 7.06. The van der Waals surface area contributed by atoms with Crippen molar-refractivity contribution in [2.75, 3.05) is 0 Å². The second-order valence-corrected chi connectivity index (χ2v) is 3.10. The Morgan fingerprint density at radius 1 is 0.632 bits per heavy atom. The van der Waals surface area contributed by atoms with Crippen LogP contribution in [-0.2, 0) is 0 Å². The number of hydrogen-bond donors (Lipinski definition) is 0. The summed E-state index contributed by atoms with van der Waals surface area (Å²) in [4.78, 5) is 15.7. The molecule has 4 nitrogen and oxygen atoms in total. The number of aromatic nitrogens is 4. The first kappa shape index (κ1) is 19.5. The minimum Gasteiger partial charge on any atom is -0.242 e. The molecule has 2 aromatic heterocycles. The second kappa shape index (κ2) is 14.2. The van der Waals surface area contributed by atoms with Crippen molar-refractivity contribution in [2.24, 2.45) is 0 Å². The van der Waals surface area contributed by atoms with Gasteiger partial charge in [-0.2, -0.15) is 0 Å². The Morgan fingerprint density at radius 3 is 1.26 bits per heavy atom. The van der Waals surface area contributed by atoms with Crippen LogP contribution < -0.4 is 0 Å². The van der Waals surface area contributed by atoms with Crippen molar-refractivity contribution >= 4 is 0 Å². The first-order chi connectivity index (χ1) is 9.18. The fourth-order valence-electron chi connectivity index (χ4n) is 0.831. The monoisotopic (exact) mass is 262 g/mol. The molecule has 0 fully saturated rings. The summed E-state index contributed by atoms with van der Waals surface area (Å²) in [5.41, 5.74) is 1.11. The Balaban J connectivity index is 0. The maximum atomic E-state index is 3.97. The number of nitrogens with zero attached hydrogens (tertiary/aromatic N) is 4. The average Bonchev–Trinajstić information content (AvgIpc) is 2.48. The van der Waals surface area contributed by atoms with E-state index in [1.165, 1.54) is 0 Å². The summed E-state index contributed by atoms with van der Waals surface area (Å²) in [5, 5.41) is 0. The molecule has 0 aliphatic carbocycles. The summed E-state index contributed by atoms with van der Waals surface area (Å²) in [5.74, 6) is 1.65. The van der Waals surface area contributed by atoms with E-state index in [9.17, 15) is 0 Å². The van der Waals surface area contributed by atoms with Crippen LogP contribution in [0.1, 0.15) is 44.9 Å². The normalized spacial score (nSPS) is 7.74. The van der Waals surface area contributed by atoms with Crippen molar-refractivity contribution in [3.05, 3.63) is 48.1 Å². The molecular formula is C15H26N4. The van der Waals surface area contributed by atoms with Gasteiger partial charge in [-0.05, 0) is 32.4 Å². The summed E-state index contributed by atoms with van der Waals surface area (Å²) >= 11 is 0. The lowest BCUT2D eigenvalue weighted by Crippen LogP contribution is -1.84. The first-order valence-corrected chi connectivity index (χ1v) is 6.67. The van der Waals surface area contributed by atoms with Crippen molar-refractivity contribution in [3.63, 3.8) is 0 Å². The van der Waals surface area contributed by atoms with Crippen molar-refractivity contribution in [3.8, 4) is 0 Å². The van der Waals surface area contributed by atoms with Crippen LogP contribution in [0.2, 0.25) is 0 Å². The van der Waals surface area contributed by atoms with Gasteiger partial charge in [0.15, 0.2) is 0 Å². The fraction of sp³-hybridized carbons (Fsp3) is 0.467. The molecule has 0 saturated heterocycles. The minimum atomic E-state index is 0.822. The average molecular weight is 262 g/mol. The molecule has 0 bridgehead atoms. The molecule has 4 heteroatoms. The summed E-state index contributed by atoms with van der Waals surface area (Å²) in [7, 11) is 0. The molecule has 0 radical (unpaired) electrons. The molecule has 0 aliphatic heterocycles. The molecule has 0 aromatic carbocycles. The highest BCUT2D eigenvalue weighted by Gasteiger charge is 1.82. The van der Waals surface area contributed by atoms with Crippen LogP contribution in [0.4, 0.5) is 0 Å². The summed E-state index contributed by atoms with van der Waals surface area (Å²) in [6.45, 7) is 13.7. The largest absolute Gasteiger partial charge is 0.242 e. The SMILES string of the molecule is CC.CC.Cc1cnc(C)nc1.Cc1ncccn1. The zero-order chi connectivity index (χ0) is 15.1. The lowest BCUT2D eigenvalue weighted by atomic mass is 10.4. The van der Waals surface area contributed by atoms with Crippen LogP contribution in [0.25, 0.3) is 0 Å². The van der Waals surface area contributed by atoms with Gasteiger partial charge in [-0.25, -0.2) is 19.9 Å². The highest BCUT2D eigenvalue weighted by atomic mass is 14.8. The van der Waals surface area contributed by atoms with Gasteiger partial charge in [-0.15, -0.1) is 0 Å². The van der Waals surface area contributed by atoms with Gasteiger partial charge in [0.1, 0.15) is 11.6 Å². The fourth-order valence-corrected chi connectivity index (χ4v) is 0.831. The van der Waals surface area contributed by atoms with E-state index in [1.807, 2.05) is 60.9 Å². The van der Waals surface area contributed by atoms with E-state index in [0.717, 1.165) is 17.2 Å². The lowest BCUT2D eigenvalue weighted by Gasteiger charge is -1.88. The maximum Gasteiger partial charge on any atom is 0.125 e. The molecule has 0 unspecified atom stereocenters. The van der Waals surface area contributed by atoms with Crippen LogP contribution in [0.3, 0.4) is 0 Å². The third-order valence-electron chi connectivity index (χ3n) is 1.60. The Labute approximate surface area is 117 Å². The number of aryl methyl sites for hydroxylation is 3. The van der Waals surface area contributed by atoms with E-state index in [0.29, 0.717) is 0 Å². The molecule has 2 rings (SSSR count). The van der Waals surface area contributed by atoms with E-state index < -0.39 is 0 Å². The maximum absolute atomic E-state index is 3.97. The number of rotatable bonds is 0. The predicted octanol–water partition coefficient (Wildman–Crippen LogP) is 3.93. The zero-order valence-corrected chi connectivity index (χ0v) is 13.2. The molecule has 19 heavy (non-hydrogen) atoms. The van der Waals surface area contributed by atoms with E-state index >= 15 is 0 Å². The minimum absolute atomic E-state index is 0.822. The quantitative estimate of drug-likeness (QED) is 0.721. The molecule has 106 valence electrons. The van der Waals surface area contributed by atoms with Gasteiger partial charge in [0.2, 0.25) is 0 Å². The van der Waals surface area contributed by atoms with Gasteiger partial charge in [0, 0.05) is 24.8 Å². The van der Waals surface area contributed by atoms with E-state index in [-0.39, 0.29) is 0 Å².